The highest BCUT2D eigenvalue weighted by molar-refractivity contribution is 5.95. The molecule has 4 rings (SSSR count). The molecule has 180 valence electrons. The smallest absolute Gasteiger partial charge is 0.338 e. The number of piperazine rings is 1. The molecule has 34 heavy (non-hydrogen) atoms. The number of benzene rings is 2. The van der Waals surface area contributed by atoms with Gasteiger partial charge in [-0.05, 0) is 25.0 Å². The summed E-state index contributed by atoms with van der Waals surface area (Å²) in [6.45, 7) is 9.18. The minimum Gasteiger partial charge on any atom is -0.463 e. The molecule has 0 saturated carbocycles. The molecule has 2 aliphatic rings. The second kappa shape index (κ2) is 10.8. The number of nitrogens with one attached hydrogen (secondary N) is 1. The van der Waals surface area contributed by atoms with Crippen LogP contribution in [0.5, 0.6) is 0 Å². The van der Waals surface area contributed by atoms with Gasteiger partial charge in [-0.2, -0.15) is 0 Å². The van der Waals surface area contributed by atoms with Crippen LogP contribution < -0.4 is 5.32 Å². The molecule has 2 aromatic rings. The number of hydrogen-bond acceptors (Lipinski definition) is 5. The van der Waals surface area contributed by atoms with Gasteiger partial charge in [-0.15, -0.1) is 0 Å². The number of aryl methyl sites for hydroxylation is 1. The topological polar surface area (TPSA) is 65.1 Å². The van der Waals surface area contributed by atoms with Crippen LogP contribution >= 0.6 is 0 Å². The third-order valence-corrected chi connectivity index (χ3v) is 6.57. The fraction of sp³-hybridized carbons (Fsp3) is 0.407. The van der Waals surface area contributed by atoms with Crippen LogP contribution in [0.4, 0.5) is 4.79 Å². The number of nitrogens with zero attached hydrogens (tertiary/aromatic N) is 3. The molecule has 0 bridgehead atoms. The molecule has 0 aromatic heterocycles. The molecule has 1 saturated heterocycles. The van der Waals surface area contributed by atoms with Crippen molar-refractivity contribution in [1.82, 2.24) is 20.0 Å². The molecule has 2 amide bonds. The summed E-state index contributed by atoms with van der Waals surface area (Å²) in [6, 6.07) is 17.7. The number of likely N-dealkylation sites (N-methyl/N-ethyl adjacent to an activating group) is 1. The highest BCUT2D eigenvalue weighted by Gasteiger charge is 2.37. The maximum absolute atomic E-state index is 13.1. The van der Waals surface area contributed by atoms with Crippen LogP contribution in [0.3, 0.4) is 0 Å². The predicted molar refractivity (Wildman–Crippen MR) is 132 cm³/mol. The van der Waals surface area contributed by atoms with Crippen molar-refractivity contribution >= 4 is 12.0 Å². The largest absolute Gasteiger partial charge is 0.463 e. The first-order valence-corrected chi connectivity index (χ1v) is 12.0. The van der Waals surface area contributed by atoms with Gasteiger partial charge >= 0.3 is 12.0 Å². The van der Waals surface area contributed by atoms with Gasteiger partial charge < -0.3 is 10.1 Å². The zero-order chi connectivity index (χ0) is 24.1. The highest BCUT2D eigenvalue weighted by Crippen LogP contribution is 2.31. The van der Waals surface area contributed by atoms with Gasteiger partial charge in [0.05, 0.1) is 18.2 Å². The lowest BCUT2D eigenvalue weighted by Gasteiger charge is -2.39. The first-order valence-electron chi connectivity index (χ1n) is 12.0. The molecular formula is C27H34N4O3. The summed E-state index contributed by atoms with van der Waals surface area (Å²) in [6.07, 6.45) is 0. The van der Waals surface area contributed by atoms with Crippen molar-refractivity contribution in [2.75, 3.05) is 46.4 Å². The molecule has 0 radical (unpaired) electrons. The standard InChI is InChI=1S/C27H34N4O3/c1-4-34-26(32)24-23(29(3)27(33)28-25(24)22-12-10-20(2)11-13-22)19-31-16-14-30(15-17-31)18-21-8-6-5-7-9-21/h5-13,25H,4,14-19H2,1-3H3,(H,28,33)/t25-/m0/s1. The van der Waals surface area contributed by atoms with Gasteiger partial charge in [0.2, 0.25) is 0 Å². The maximum atomic E-state index is 13.1. The first kappa shape index (κ1) is 24.0. The normalized spacial score (nSPS) is 19.8. The molecule has 2 heterocycles. The van der Waals surface area contributed by atoms with Crippen molar-refractivity contribution < 1.29 is 14.3 Å². The van der Waals surface area contributed by atoms with Crippen LogP contribution in [-0.4, -0.2) is 73.1 Å². The van der Waals surface area contributed by atoms with Crippen molar-refractivity contribution in [2.24, 2.45) is 0 Å². The number of ether oxygens (including phenoxy) is 1. The van der Waals surface area contributed by atoms with Crippen molar-refractivity contribution in [2.45, 2.75) is 26.4 Å². The van der Waals surface area contributed by atoms with Crippen LogP contribution in [0.15, 0.2) is 65.9 Å². The fourth-order valence-corrected chi connectivity index (χ4v) is 4.57. The summed E-state index contributed by atoms with van der Waals surface area (Å²) in [5, 5.41) is 2.99. The van der Waals surface area contributed by atoms with E-state index >= 15 is 0 Å². The minimum absolute atomic E-state index is 0.212. The average Bonchev–Trinajstić information content (AvgIpc) is 2.84. The van der Waals surface area contributed by atoms with Crippen molar-refractivity contribution in [3.63, 3.8) is 0 Å². The van der Waals surface area contributed by atoms with E-state index in [1.54, 1.807) is 18.9 Å². The van der Waals surface area contributed by atoms with Crippen LogP contribution in [0.1, 0.15) is 29.7 Å². The summed E-state index contributed by atoms with van der Waals surface area (Å²) in [7, 11) is 1.72. The quantitative estimate of drug-likeness (QED) is 0.640. The van der Waals surface area contributed by atoms with Crippen molar-refractivity contribution in [1.29, 1.82) is 0 Å². The zero-order valence-electron chi connectivity index (χ0n) is 20.3. The van der Waals surface area contributed by atoms with E-state index in [-0.39, 0.29) is 18.6 Å². The van der Waals surface area contributed by atoms with E-state index in [0.29, 0.717) is 17.8 Å². The van der Waals surface area contributed by atoms with Crippen LogP contribution in [0.2, 0.25) is 0 Å². The SMILES string of the molecule is CCOC(=O)C1=C(CN2CCN(Cc3ccccc3)CC2)N(C)C(=O)N[C@H]1c1ccc(C)cc1. The Hall–Kier alpha value is -3.16. The van der Waals surface area contributed by atoms with E-state index in [1.165, 1.54) is 5.56 Å². The van der Waals surface area contributed by atoms with Crippen LogP contribution in [0, 0.1) is 6.92 Å². The molecule has 0 spiro atoms. The zero-order valence-corrected chi connectivity index (χ0v) is 20.3. The van der Waals surface area contributed by atoms with Gasteiger partial charge in [-0.3, -0.25) is 14.7 Å². The Morgan fingerprint density at radius 3 is 2.21 bits per heavy atom. The third-order valence-electron chi connectivity index (χ3n) is 6.57. The van der Waals surface area contributed by atoms with Gasteiger partial charge in [0.1, 0.15) is 0 Å². The lowest BCUT2D eigenvalue weighted by Crippen LogP contribution is -2.52. The number of carbonyl (C=O) groups is 2. The van der Waals surface area contributed by atoms with E-state index in [2.05, 4.69) is 39.4 Å². The van der Waals surface area contributed by atoms with E-state index < -0.39 is 6.04 Å². The second-order valence-electron chi connectivity index (χ2n) is 8.97. The second-order valence-corrected chi connectivity index (χ2v) is 8.97. The predicted octanol–water partition coefficient (Wildman–Crippen LogP) is 3.33. The minimum atomic E-state index is -0.530. The number of carbonyl (C=O) groups excluding carboxylic acids is 2. The summed E-state index contributed by atoms with van der Waals surface area (Å²) >= 11 is 0. The Kier molecular flexibility index (Phi) is 7.65. The summed E-state index contributed by atoms with van der Waals surface area (Å²) in [5.74, 6) is -0.377. The maximum Gasteiger partial charge on any atom is 0.338 e. The molecule has 1 atom stereocenters. The Morgan fingerprint density at radius 2 is 1.59 bits per heavy atom. The molecule has 2 aliphatic heterocycles. The van der Waals surface area contributed by atoms with Gasteiger partial charge in [0.15, 0.2) is 0 Å². The van der Waals surface area contributed by atoms with E-state index in [9.17, 15) is 9.59 Å². The summed E-state index contributed by atoms with van der Waals surface area (Å²) in [4.78, 5) is 32.3. The van der Waals surface area contributed by atoms with Gasteiger partial charge in [-0.1, -0.05) is 60.2 Å². The fourth-order valence-electron chi connectivity index (χ4n) is 4.57. The Bertz CT molecular complexity index is 1030. The lowest BCUT2D eigenvalue weighted by molar-refractivity contribution is -0.139. The van der Waals surface area contributed by atoms with E-state index in [1.807, 2.05) is 37.3 Å². The molecule has 0 unspecified atom stereocenters. The van der Waals surface area contributed by atoms with E-state index in [4.69, 9.17) is 4.74 Å². The first-order chi connectivity index (χ1) is 16.5. The van der Waals surface area contributed by atoms with Crippen LogP contribution in [-0.2, 0) is 16.1 Å². The molecule has 7 heteroatoms. The molecule has 1 fully saturated rings. The number of urea groups is 1. The number of esters is 1. The van der Waals surface area contributed by atoms with Crippen LogP contribution in [0.25, 0.3) is 0 Å². The van der Waals surface area contributed by atoms with Gasteiger partial charge in [0, 0.05) is 52.0 Å². The highest BCUT2D eigenvalue weighted by atomic mass is 16.5. The Labute approximate surface area is 202 Å². The van der Waals surface area contributed by atoms with Crippen molar-refractivity contribution in [3.8, 4) is 0 Å². The summed E-state index contributed by atoms with van der Waals surface area (Å²) < 4.78 is 5.44. The number of rotatable bonds is 7. The van der Waals surface area contributed by atoms with Crippen molar-refractivity contribution in [3.05, 3.63) is 82.6 Å². The van der Waals surface area contributed by atoms with E-state index in [0.717, 1.165) is 43.9 Å². The number of amides is 2. The molecular weight excluding hydrogens is 428 g/mol. The van der Waals surface area contributed by atoms with Gasteiger partial charge in [-0.25, -0.2) is 9.59 Å². The lowest BCUT2D eigenvalue weighted by atomic mass is 9.93. The molecule has 2 aromatic carbocycles. The monoisotopic (exact) mass is 462 g/mol. The number of hydrogen-bond donors (Lipinski definition) is 1. The Balaban J connectivity index is 1.55. The average molecular weight is 463 g/mol. The molecule has 0 aliphatic carbocycles. The molecule has 1 N–H and O–H groups in total. The molecule has 7 nitrogen and oxygen atoms in total. The van der Waals surface area contributed by atoms with Gasteiger partial charge in [0.25, 0.3) is 0 Å². The third kappa shape index (κ3) is 5.48. The Morgan fingerprint density at radius 1 is 0.971 bits per heavy atom. The summed E-state index contributed by atoms with van der Waals surface area (Å²) in [5.41, 5.74) is 4.54.